The van der Waals surface area contributed by atoms with Gasteiger partial charge in [-0.3, -0.25) is 14.4 Å². The topological polar surface area (TPSA) is 78.9 Å². The minimum atomic E-state index is -0.777. The summed E-state index contributed by atoms with van der Waals surface area (Å²) in [7, 11) is 0. The first-order chi connectivity index (χ1) is 38.5. The predicted octanol–water partition coefficient (Wildman–Crippen LogP) is 23.7. The van der Waals surface area contributed by atoms with Crippen molar-refractivity contribution in [2.24, 2.45) is 0 Å². The largest absolute Gasteiger partial charge is 0.462 e. The Kier molecular flexibility index (Phi) is 64.6. The Morgan fingerprint density at radius 3 is 0.744 bits per heavy atom. The van der Waals surface area contributed by atoms with Gasteiger partial charge in [-0.1, -0.05) is 301 Å². The first kappa shape index (κ1) is 75.4. The lowest BCUT2D eigenvalue weighted by molar-refractivity contribution is -0.167. The van der Waals surface area contributed by atoms with Crippen LogP contribution in [0, 0.1) is 0 Å². The molecule has 0 saturated heterocycles. The lowest BCUT2D eigenvalue weighted by Crippen LogP contribution is -2.30. The van der Waals surface area contributed by atoms with E-state index in [2.05, 4.69) is 69.4 Å². The maximum atomic E-state index is 12.9. The molecule has 1 unspecified atom stereocenters. The van der Waals surface area contributed by atoms with E-state index in [1.165, 1.54) is 263 Å². The molecule has 6 nitrogen and oxygen atoms in total. The molecule has 0 saturated carbocycles. The first-order valence-corrected chi connectivity index (χ1v) is 34.6. The molecule has 0 bridgehead atoms. The highest BCUT2D eigenvalue weighted by Crippen LogP contribution is 2.18. The smallest absolute Gasteiger partial charge is 0.306 e. The minimum absolute atomic E-state index is 0.0733. The van der Waals surface area contributed by atoms with Crippen molar-refractivity contribution >= 4 is 17.9 Å². The summed E-state index contributed by atoms with van der Waals surface area (Å²) in [5, 5.41) is 0. The molecule has 0 radical (unpaired) electrons. The second-order valence-electron chi connectivity index (χ2n) is 23.4. The van der Waals surface area contributed by atoms with Crippen molar-refractivity contribution in [3.05, 3.63) is 48.6 Å². The van der Waals surface area contributed by atoms with Crippen LogP contribution >= 0.6 is 0 Å². The summed E-state index contributed by atoms with van der Waals surface area (Å²) in [4.78, 5) is 38.4. The fraction of sp³-hybridized carbons (Fsp3) is 0.847. The number of allylic oxidation sites excluding steroid dienone is 8. The van der Waals surface area contributed by atoms with Crippen molar-refractivity contribution in [2.45, 2.75) is 380 Å². The number of carbonyl (C=O) groups is 3. The molecule has 78 heavy (non-hydrogen) atoms. The number of hydrogen-bond donors (Lipinski definition) is 0. The van der Waals surface area contributed by atoms with Crippen LogP contribution in [0.4, 0.5) is 0 Å². The number of hydrogen-bond acceptors (Lipinski definition) is 6. The van der Waals surface area contributed by atoms with Crippen LogP contribution in [0.3, 0.4) is 0 Å². The third kappa shape index (κ3) is 64.2. The van der Waals surface area contributed by atoms with E-state index < -0.39 is 6.10 Å². The zero-order chi connectivity index (χ0) is 56.4. The molecule has 0 rings (SSSR count). The Hall–Kier alpha value is -2.63. The highest BCUT2D eigenvalue weighted by atomic mass is 16.6. The number of rotatable bonds is 64. The van der Waals surface area contributed by atoms with Gasteiger partial charge in [-0.15, -0.1) is 0 Å². The van der Waals surface area contributed by atoms with Gasteiger partial charge in [-0.05, 0) is 103 Å². The van der Waals surface area contributed by atoms with Crippen molar-refractivity contribution in [2.75, 3.05) is 13.2 Å². The van der Waals surface area contributed by atoms with Gasteiger partial charge in [0.1, 0.15) is 13.2 Å². The van der Waals surface area contributed by atoms with Gasteiger partial charge >= 0.3 is 17.9 Å². The molecular formula is C72H132O6. The van der Waals surface area contributed by atoms with Crippen LogP contribution in [-0.2, 0) is 28.6 Å². The van der Waals surface area contributed by atoms with Gasteiger partial charge < -0.3 is 14.2 Å². The van der Waals surface area contributed by atoms with Gasteiger partial charge in [-0.2, -0.15) is 0 Å². The van der Waals surface area contributed by atoms with Crippen LogP contribution in [0.15, 0.2) is 48.6 Å². The molecule has 0 spiro atoms. The Labute approximate surface area is 486 Å². The van der Waals surface area contributed by atoms with Crippen molar-refractivity contribution < 1.29 is 28.6 Å². The summed E-state index contributed by atoms with van der Waals surface area (Å²) in [5.41, 5.74) is 0. The fourth-order valence-electron chi connectivity index (χ4n) is 10.3. The zero-order valence-corrected chi connectivity index (χ0v) is 52.5. The maximum absolute atomic E-state index is 12.9. The van der Waals surface area contributed by atoms with E-state index in [-0.39, 0.29) is 31.1 Å². The normalized spacial score (nSPS) is 12.3. The van der Waals surface area contributed by atoms with Crippen LogP contribution in [0.25, 0.3) is 0 Å². The van der Waals surface area contributed by atoms with Crippen molar-refractivity contribution in [3.8, 4) is 0 Å². The average molecular weight is 1090 g/mol. The molecule has 0 heterocycles. The summed E-state index contributed by atoms with van der Waals surface area (Å²) >= 11 is 0. The molecule has 0 fully saturated rings. The van der Waals surface area contributed by atoms with Crippen molar-refractivity contribution in [3.63, 3.8) is 0 Å². The molecule has 0 aliphatic carbocycles. The summed E-state index contributed by atoms with van der Waals surface area (Å²) in [5.74, 6) is -0.862. The second kappa shape index (κ2) is 66.9. The van der Waals surface area contributed by atoms with Gasteiger partial charge in [0.25, 0.3) is 0 Å². The van der Waals surface area contributed by atoms with Gasteiger partial charge in [0.15, 0.2) is 6.10 Å². The monoisotopic (exact) mass is 1090 g/mol. The third-order valence-corrected chi connectivity index (χ3v) is 15.5. The lowest BCUT2D eigenvalue weighted by atomic mass is 10.0. The average Bonchev–Trinajstić information content (AvgIpc) is 3.44. The SMILES string of the molecule is CCCCC/C=C\CCCCCCCC(=O)OCC(COC(=O)CCCCCCCCCCCCCCC/C=C\C/C=C\CCCCCCC)OC(=O)CCCCCCCCCCCCC/C=C\CCCCCCCCCC. The Balaban J connectivity index is 4.23. The molecule has 1 atom stereocenters. The Morgan fingerprint density at radius 1 is 0.256 bits per heavy atom. The molecule has 456 valence electrons. The van der Waals surface area contributed by atoms with Crippen molar-refractivity contribution in [1.82, 2.24) is 0 Å². The van der Waals surface area contributed by atoms with E-state index in [4.69, 9.17) is 14.2 Å². The Bertz CT molecular complexity index is 1350. The molecule has 0 aliphatic heterocycles. The van der Waals surface area contributed by atoms with Gasteiger partial charge in [0.05, 0.1) is 0 Å². The number of ether oxygens (including phenoxy) is 3. The highest BCUT2D eigenvalue weighted by molar-refractivity contribution is 5.71. The summed E-state index contributed by atoms with van der Waals surface area (Å²) in [6.45, 7) is 6.66. The number of carbonyl (C=O) groups excluding carboxylic acids is 3. The first-order valence-electron chi connectivity index (χ1n) is 34.6. The molecule has 0 amide bonds. The molecule has 6 heteroatoms. The second-order valence-corrected chi connectivity index (χ2v) is 23.4. The van der Waals surface area contributed by atoms with Crippen LogP contribution in [0.5, 0.6) is 0 Å². The van der Waals surface area contributed by atoms with E-state index >= 15 is 0 Å². The third-order valence-electron chi connectivity index (χ3n) is 15.5. The highest BCUT2D eigenvalue weighted by Gasteiger charge is 2.19. The molecule has 0 aromatic heterocycles. The maximum Gasteiger partial charge on any atom is 0.306 e. The standard InChI is InChI=1S/C72H132O6/c1-4-7-10-13-16-19-22-25-27-29-31-33-35-36-38-39-41-43-45-47-50-53-56-59-62-65-71(74)77-68-69(67-76-70(73)64-61-58-55-52-49-24-21-18-15-12-9-6-3)78-72(75)66-63-60-57-54-51-48-46-44-42-40-37-34-32-30-28-26-23-20-17-14-11-8-5-2/h18,21-22,25,29-32,69H,4-17,19-20,23-24,26-28,33-68H2,1-3H3/b21-18-,25-22-,31-29-,32-30-. The van der Waals surface area contributed by atoms with Crippen LogP contribution in [0.2, 0.25) is 0 Å². The zero-order valence-electron chi connectivity index (χ0n) is 52.5. The quantitative estimate of drug-likeness (QED) is 0.0261. The summed E-state index contributed by atoms with van der Waals surface area (Å²) in [6, 6.07) is 0. The molecular weight excluding hydrogens is 961 g/mol. The molecule has 0 aromatic carbocycles. The number of esters is 3. The molecule has 0 aliphatic rings. The summed E-state index contributed by atoms with van der Waals surface area (Å²) in [6.07, 6.45) is 84.2. The molecule has 0 aromatic rings. The van der Waals surface area contributed by atoms with Crippen LogP contribution in [0.1, 0.15) is 374 Å². The van der Waals surface area contributed by atoms with E-state index in [1.807, 2.05) is 0 Å². The predicted molar refractivity (Wildman–Crippen MR) is 339 cm³/mol. The number of unbranched alkanes of at least 4 members (excludes halogenated alkanes) is 45. The van der Waals surface area contributed by atoms with Gasteiger partial charge in [-0.25, -0.2) is 0 Å². The van der Waals surface area contributed by atoms with E-state index in [9.17, 15) is 14.4 Å². The summed E-state index contributed by atoms with van der Waals surface area (Å²) < 4.78 is 17.0. The van der Waals surface area contributed by atoms with E-state index in [0.29, 0.717) is 19.3 Å². The van der Waals surface area contributed by atoms with Crippen molar-refractivity contribution in [1.29, 1.82) is 0 Å². The Morgan fingerprint density at radius 2 is 0.462 bits per heavy atom. The van der Waals surface area contributed by atoms with E-state index in [0.717, 1.165) is 70.6 Å². The van der Waals surface area contributed by atoms with Gasteiger partial charge in [0, 0.05) is 19.3 Å². The van der Waals surface area contributed by atoms with Crippen LogP contribution < -0.4 is 0 Å². The van der Waals surface area contributed by atoms with Gasteiger partial charge in [0.2, 0.25) is 0 Å². The minimum Gasteiger partial charge on any atom is -0.462 e. The molecule has 0 N–H and O–H groups in total. The van der Waals surface area contributed by atoms with Crippen LogP contribution in [-0.4, -0.2) is 37.2 Å². The lowest BCUT2D eigenvalue weighted by Gasteiger charge is -2.18. The van der Waals surface area contributed by atoms with E-state index in [1.54, 1.807) is 0 Å². The fourth-order valence-corrected chi connectivity index (χ4v) is 10.3.